The van der Waals surface area contributed by atoms with Crippen LogP contribution in [0, 0.1) is 5.92 Å². The van der Waals surface area contributed by atoms with Crippen molar-refractivity contribution in [3.8, 4) is 0 Å². The maximum atomic E-state index is 12.4. The highest BCUT2D eigenvalue weighted by Gasteiger charge is 2.36. The number of carbonyl (C=O) groups excluding carboxylic acids is 1. The molecule has 1 atom stereocenters. The smallest absolute Gasteiger partial charge is 0.257 e. The molecular weight excluding hydrogens is 372 g/mol. The Labute approximate surface area is 166 Å². The van der Waals surface area contributed by atoms with Crippen molar-refractivity contribution in [1.82, 2.24) is 15.0 Å². The third-order valence-electron chi connectivity index (χ3n) is 4.94. The summed E-state index contributed by atoms with van der Waals surface area (Å²) >= 11 is 1.38. The van der Waals surface area contributed by atoms with Crippen LogP contribution in [0.3, 0.4) is 0 Å². The first kappa shape index (κ1) is 18.3. The quantitative estimate of drug-likeness (QED) is 0.475. The fourth-order valence-electron chi connectivity index (χ4n) is 3.34. The first-order valence-corrected chi connectivity index (χ1v) is 9.83. The normalized spacial score (nSPS) is 13.6. The van der Waals surface area contributed by atoms with Gasteiger partial charge in [-0.25, -0.2) is 9.97 Å². The van der Waals surface area contributed by atoms with Crippen molar-refractivity contribution in [1.29, 1.82) is 0 Å². The van der Waals surface area contributed by atoms with Crippen LogP contribution in [-0.4, -0.2) is 26.0 Å². The molecule has 0 aliphatic rings. The molecule has 7 heteroatoms. The van der Waals surface area contributed by atoms with E-state index in [-0.39, 0.29) is 11.8 Å². The zero-order chi connectivity index (χ0) is 19.7. The van der Waals surface area contributed by atoms with Crippen LogP contribution in [-0.2, 0) is 5.60 Å². The van der Waals surface area contributed by atoms with Crippen molar-refractivity contribution in [3.05, 3.63) is 77.3 Å². The lowest BCUT2D eigenvalue weighted by Crippen LogP contribution is -2.33. The van der Waals surface area contributed by atoms with Crippen LogP contribution in [0.1, 0.15) is 35.5 Å². The molecule has 0 radical (unpaired) electrons. The van der Waals surface area contributed by atoms with Crippen LogP contribution in [0.25, 0.3) is 10.8 Å². The van der Waals surface area contributed by atoms with Crippen molar-refractivity contribution in [2.75, 3.05) is 5.32 Å². The van der Waals surface area contributed by atoms with Crippen molar-refractivity contribution >= 4 is 33.1 Å². The van der Waals surface area contributed by atoms with E-state index in [2.05, 4.69) is 20.3 Å². The Hall–Kier alpha value is -3.03. The predicted molar refractivity (Wildman–Crippen MR) is 110 cm³/mol. The number of benzene rings is 2. The Bertz CT molecular complexity index is 1110. The molecule has 0 fully saturated rings. The summed E-state index contributed by atoms with van der Waals surface area (Å²) in [6.07, 6.45) is 4.87. The third kappa shape index (κ3) is 3.19. The zero-order valence-electron chi connectivity index (χ0n) is 15.5. The molecule has 142 valence electrons. The molecule has 2 heterocycles. The van der Waals surface area contributed by atoms with Gasteiger partial charge in [0.25, 0.3) is 5.91 Å². The van der Waals surface area contributed by atoms with Gasteiger partial charge in [-0.2, -0.15) is 0 Å². The van der Waals surface area contributed by atoms with E-state index in [1.807, 2.05) is 49.6 Å². The zero-order valence-corrected chi connectivity index (χ0v) is 16.3. The number of anilines is 1. The second-order valence-electron chi connectivity index (χ2n) is 6.95. The molecule has 3 N–H and O–H groups in total. The summed E-state index contributed by atoms with van der Waals surface area (Å²) in [5.41, 5.74) is 0.814. The Balaban J connectivity index is 1.69. The molecule has 0 aliphatic carbocycles. The van der Waals surface area contributed by atoms with Crippen LogP contribution < -0.4 is 5.32 Å². The second kappa shape index (κ2) is 7.18. The Morgan fingerprint density at radius 2 is 2.00 bits per heavy atom. The fourth-order valence-corrected chi connectivity index (χ4v) is 3.87. The predicted octanol–water partition coefficient (Wildman–Crippen LogP) is 4.16. The van der Waals surface area contributed by atoms with Crippen LogP contribution in [0.5, 0.6) is 0 Å². The van der Waals surface area contributed by atoms with E-state index in [0.29, 0.717) is 16.4 Å². The largest absolute Gasteiger partial charge is 0.379 e. The third-order valence-corrected chi connectivity index (χ3v) is 5.63. The van der Waals surface area contributed by atoms with Gasteiger partial charge in [-0.05, 0) is 40.5 Å². The number of nitrogens with zero attached hydrogens (tertiary/aromatic N) is 2. The van der Waals surface area contributed by atoms with E-state index in [4.69, 9.17) is 0 Å². The van der Waals surface area contributed by atoms with E-state index in [9.17, 15) is 9.90 Å². The SMILES string of the molecule is CC(C)C(O)(c1ccc2cc(C(=O)Nc3nccs3)ccc2c1)c1cnc[nH]1. The number of hydrogen-bond donors (Lipinski definition) is 3. The number of carbonyl (C=O) groups is 1. The maximum absolute atomic E-state index is 12.4. The number of fused-ring (bicyclic) bond motifs is 1. The molecule has 4 aromatic rings. The molecule has 2 aromatic carbocycles. The minimum absolute atomic E-state index is 0.0613. The maximum Gasteiger partial charge on any atom is 0.257 e. The van der Waals surface area contributed by atoms with E-state index in [1.165, 1.54) is 11.3 Å². The molecule has 2 aromatic heterocycles. The van der Waals surface area contributed by atoms with Crippen molar-refractivity contribution in [3.63, 3.8) is 0 Å². The van der Waals surface area contributed by atoms with Crippen LogP contribution in [0.15, 0.2) is 60.5 Å². The van der Waals surface area contributed by atoms with E-state index in [1.54, 1.807) is 24.8 Å². The number of aromatic nitrogens is 3. The highest BCUT2D eigenvalue weighted by atomic mass is 32.1. The van der Waals surface area contributed by atoms with E-state index < -0.39 is 5.60 Å². The Morgan fingerprint density at radius 3 is 2.68 bits per heavy atom. The van der Waals surface area contributed by atoms with Gasteiger partial charge in [0, 0.05) is 17.1 Å². The topological polar surface area (TPSA) is 90.9 Å². The Kier molecular flexibility index (Phi) is 4.70. The molecule has 1 amide bonds. The molecule has 1 unspecified atom stereocenters. The molecule has 0 spiro atoms. The lowest BCUT2D eigenvalue weighted by atomic mass is 9.80. The molecule has 0 aliphatic heterocycles. The standard InChI is InChI=1S/C21H20N4O2S/c1-13(2)21(27,18-11-22-12-24-18)17-6-5-14-9-16(4-3-15(14)10-17)19(26)25-20-23-7-8-28-20/h3-13,27H,1-2H3,(H,22,24)(H,23,25,26). The number of thiazole rings is 1. The van der Waals surface area contributed by atoms with Crippen molar-refractivity contribution in [2.45, 2.75) is 19.4 Å². The molecule has 4 rings (SSSR count). The van der Waals surface area contributed by atoms with Gasteiger partial charge in [-0.15, -0.1) is 11.3 Å². The van der Waals surface area contributed by atoms with Crippen molar-refractivity contribution < 1.29 is 9.90 Å². The number of aliphatic hydroxyl groups is 1. The molecule has 6 nitrogen and oxygen atoms in total. The highest BCUT2D eigenvalue weighted by molar-refractivity contribution is 7.13. The number of nitrogens with one attached hydrogen (secondary N) is 2. The second-order valence-corrected chi connectivity index (χ2v) is 7.85. The van der Waals surface area contributed by atoms with Gasteiger partial charge in [0.15, 0.2) is 5.13 Å². The molecule has 0 saturated heterocycles. The average Bonchev–Trinajstić information content (AvgIpc) is 3.40. The monoisotopic (exact) mass is 392 g/mol. The number of imidazole rings is 1. The van der Waals surface area contributed by atoms with Gasteiger partial charge in [0.05, 0.1) is 18.2 Å². The first-order valence-electron chi connectivity index (χ1n) is 8.95. The van der Waals surface area contributed by atoms with Gasteiger partial charge < -0.3 is 10.1 Å². The van der Waals surface area contributed by atoms with Gasteiger partial charge in [-0.3, -0.25) is 10.1 Å². The van der Waals surface area contributed by atoms with E-state index in [0.717, 1.165) is 16.3 Å². The fraction of sp³-hybridized carbons (Fsp3) is 0.190. The molecule has 28 heavy (non-hydrogen) atoms. The summed E-state index contributed by atoms with van der Waals surface area (Å²) in [5.74, 6) is -0.259. The lowest BCUT2D eigenvalue weighted by Gasteiger charge is -2.32. The van der Waals surface area contributed by atoms with Gasteiger partial charge in [0.2, 0.25) is 0 Å². The summed E-state index contributed by atoms with van der Waals surface area (Å²) in [4.78, 5) is 23.6. The number of hydrogen-bond acceptors (Lipinski definition) is 5. The lowest BCUT2D eigenvalue weighted by molar-refractivity contribution is 0.0280. The summed E-state index contributed by atoms with van der Waals surface area (Å²) < 4.78 is 0. The van der Waals surface area contributed by atoms with Crippen LogP contribution in [0.4, 0.5) is 5.13 Å². The minimum Gasteiger partial charge on any atom is -0.379 e. The van der Waals surface area contributed by atoms with Gasteiger partial charge in [-0.1, -0.05) is 32.0 Å². The van der Waals surface area contributed by atoms with Crippen LogP contribution in [0.2, 0.25) is 0 Å². The first-order chi connectivity index (χ1) is 13.5. The average molecular weight is 392 g/mol. The summed E-state index contributed by atoms with van der Waals surface area (Å²) in [6.45, 7) is 3.94. The number of aromatic amines is 1. The van der Waals surface area contributed by atoms with Gasteiger partial charge >= 0.3 is 0 Å². The molecule has 0 saturated carbocycles. The molecular formula is C21H20N4O2S. The highest BCUT2D eigenvalue weighted by Crippen LogP contribution is 2.36. The summed E-state index contributed by atoms with van der Waals surface area (Å²) in [5, 5.41) is 18.5. The summed E-state index contributed by atoms with van der Waals surface area (Å²) in [7, 11) is 0. The number of rotatable bonds is 5. The minimum atomic E-state index is -1.18. The van der Waals surface area contributed by atoms with Crippen molar-refractivity contribution in [2.24, 2.45) is 5.92 Å². The van der Waals surface area contributed by atoms with Crippen LogP contribution >= 0.6 is 11.3 Å². The number of amides is 1. The number of H-pyrrole nitrogens is 1. The van der Waals surface area contributed by atoms with E-state index >= 15 is 0 Å². The summed E-state index contributed by atoms with van der Waals surface area (Å²) in [6, 6.07) is 11.3. The Morgan fingerprint density at radius 1 is 1.21 bits per heavy atom. The van der Waals surface area contributed by atoms with Gasteiger partial charge in [0.1, 0.15) is 5.60 Å². The molecule has 0 bridgehead atoms.